The maximum atomic E-state index is 14.4. The highest BCUT2D eigenvalue weighted by Crippen LogP contribution is 2.48. The average Bonchev–Trinajstić information content (AvgIpc) is 3.25. The molecule has 1 unspecified atom stereocenters. The van der Waals surface area contributed by atoms with Crippen LogP contribution in [0.4, 0.5) is 13.2 Å². The van der Waals surface area contributed by atoms with Crippen LogP contribution in [-0.4, -0.2) is 30.0 Å². The number of hydrogen-bond donors (Lipinski definition) is 3. The predicted molar refractivity (Wildman–Crippen MR) is 108 cm³/mol. The zero-order valence-corrected chi connectivity index (χ0v) is 16.3. The standard InChI is InChI=1S/C23H22F3N3O/c24-15-3-1-13(2-4-15)21-20(17-9-16(25)10-18(26)22(17)29-21)14-7-12(8-14)11-28-19-5-6-27-23(19)30/h1-4,9-10,12,14,19,28-29H,5-8,11H2,(H,27,30). The van der Waals surface area contributed by atoms with Crippen molar-refractivity contribution in [2.24, 2.45) is 5.92 Å². The molecule has 1 aromatic heterocycles. The van der Waals surface area contributed by atoms with Gasteiger partial charge in [0.05, 0.1) is 17.3 Å². The van der Waals surface area contributed by atoms with E-state index < -0.39 is 11.6 Å². The van der Waals surface area contributed by atoms with E-state index in [-0.39, 0.29) is 29.2 Å². The number of carbonyl (C=O) groups excluding carboxylic acids is 1. The minimum absolute atomic E-state index is 0.0482. The maximum Gasteiger partial charge on any atom is 0.237 e. The molecular weight excluding hydrogens is 391 g/mol. The Labute approximate surface area is 171 Å². The van der Waals surface area contributed by atoms with Gasteiger partial charge in [-0.2, -0.15) is 0 Å². The van der Waals surface area contributed by atoms with Crippen LogP contribution < -0.4 is 10.6 Å². The Hall–Kier alpha value is -2.80. The van der Waals surface area contributed by atoms with Crippen LogP contribution >= 0.6 is 0 Å². The van der Waals surface area contributed by atoms with Crippen molar-refractivity contribution in [3.05, 3.63) is 59.4 Å². The summed E-state index contributed by atoms with van der Waals surface area (Å²) in [5, 5.41) is 6.68. The van der Waals surface area contributed by atoms with Gasteiger partial charge in [-0.15, -0.1) is 0 Å². The van der Waals surface area contributed by atoms with Crippen molar-refractivity contribution in [2.45, 2.75) is 31.2 Å². The molecule has 7 heteroatoms. The Kier molecular flexibility index (Phi) is 4.77. The fourth-order valence-electron chi connectivity index (χ4n) is 4.74. The van der Waals surface area contributed by atoms with Crippen molar-refractivity contribution >= 4 is 16.8 Å². The van der Waals surface area contributed by atoms with Gasteiger partial charge in [0, 0.05) is 18.0 Å². The first kappa shape index (κ1) is 19.2. The molecule has 0 radical (unpaired) electrons. The van der Waals surface area contributed by atoms with Crippen molar-refractivity contribution in [3.63, 3.8) is 0 Å². The molecule has 1 aliphatic heterocycles. The smallest absolute Gasteiger partial charge is 0.237 e. The van der Waals surface area contributed by atoms with Gasteiger partial charge in [-0.25, -0.2) is 13.2 Å². The topological polar surface area (TPSA) is 56.9 Å². The molecule has 1 saturated carbocycles. The van der Waals surface area contributed by atoms with Crippen molar-refractivity contribution in [3.8, 4) is 11.3 Å². The summed E-state index contributed by atoms with van der Waals surface area (Å²) in [5.74, 6) is -1.01. The number of carbonyl (C=O) groups is 1. The molecule has 3 N–H and O–H groups in total. The lowest BCUT2D eigenvalue weighted by Crippen LogP contribution is -2.41. The van der Waals surface area contributed by atoms with E-state index in [1.807, 2.05) is 0 Å². The summed E-state index contributed by atoms with van der Waals surface area (Å²) in [4.78, 5) is 14.8. The van der Waals surface area contributed by atoms with E-state index in [2.05, 4.69) is 15.6 Å². The molecule has 2 aromatic carbocycles. The highest BCUT2D eigenvalue weighted by molar-refractivity contribution is 5.92. The van der Waals surface area contributed by atoms with Crippen molar-refractivity contribution < 1.29 is 18.0 Å². The summed E-state index contributed by atoms with van der Waals surface area (Å²) in [6.45, 7) is 1.45. The minimum atomic E-state index is -0.635. The molecule has 1 atom stereocenters. The third kappa shape index (κ3) is 3.37. The third-order valence-corrected chi connectivity index (χ3v) is 6.34. The summed E-state index contributed by atoms with van der Waals surface area (Å²) >= 11 is 0. The second-order valence-electron chi connectivity index (χ2n) is 8.31. The van der Waals surface area contributed by atoms with Gasteiger partial charge in [0.25, 0.3) is 0 Å². The van der Waals surface area contributed by atoms with Gasteiger partial charge < -0.3 is 15.6 Å². The molecule has 0 bridgehead atoms. The fourth-order valence-corrected chi connectivity index (χ4v) is 4.74. The second-order valence-corrected chi connectivity index (χ2v) is 8.31. The summed E-state index contributed by atoms with van der Waals surface area (Å²) in [5.41, 5.74) is 2.60. The van der Waals surface area contributed by atoms with Gasteiger partial charge in [-0.05, 0) is 79.1 Å². The number of benzene rings is 2. The van der Waals surface area contributed by atoms with E-state index in [9.17, 15) is 18.0 Å². The summed E-state index contributed by atoms with van der Waals surface area (Å²) in [7, 11) is 0. The Balaban J connectivity index is 1.42. The van der Waals surface area contributed by atoms with Crippen LogP contribution in [0.15, 0.2) is 36.4 Å². The van der Waals surface area contributed by atoms with Crippen molar-refractivity contribution in [1.29, 1.82) is 0 Å². The largest absolute Gasteiger partial charge is 0.355 e. The lowest BCUT2D eigenvalue weighted by molar-refractivity contribution is -0.120. The summed E-state index contributed by atoms with van der Waals surface area (Å²) in [6.07, 6.45) is 2.52. The second kappa shape index (κ2) is 7.47. The molecule has 2 heterocycles. The lowest BCUT2D eigenvalue weighted by atomic mass is 9.70. The van der Waals surface area contributed by atoms with Crippen molar-refractivity contribution in [1.82, 2.24) is 15.6 Å². The summed E-state index contributed by atoms with van der Waals surface area (Å²) < 4.78 is 41.8. The van der Waals surface area contributed by atoms with E-state index in [1.165, 1.54) is 18.2 Å². The van der Waals surface area contributed by atoms with E-state index in [1.54, 1.807) is 12.1 Å². The number of halogens is 3. The molecule has 30 heavy (non-hydrogen) atoms. The van der Waals surface area contributed by atoms with Gasteiger partial charge in [0.2, 0.25) is 5.91 Å². The molecule has 1 amide bonds. The van der Waals surface area contributed by atoms with Gasteiger partial charge in [-0.1, -0.05) is 0 Å². The van der Waals surface area contributed by atoms with Crippen LogP contribution in [0.2, 0.25) is 0 Å². The van der Waals surface area contributed by atoms with Gasteiger partial charge in [0.15, 0.2) is 0 Å². The number of amides is 1. The van der Waals surface area contributed by atoms with E-state index in [0.717, 1.165) is 43.0 Å². The van der Waals surface area contributed by atoms with E-state index >= 15 is 0 Å². The zero-order chi connectivity index (χ0) is 20.8. The first-order valence-corrected chi connectivity index (χ1v) is 10.3. The molecule has 3 aromatic rings. The van der Waals surface area contributed by atoms with Crippen LogP contribution in [0.3, 0.4) is 0 Å². The first-order valence-electron chi connectivity index (χ1n) is 10.3. The monoisotopic (exact) mass is 413 g/mol. The molecule has 2 fully saturated rings. The Morgan fingerprint density at radius 2 is 1.80 bits per heavy atom. The highest BCUT2D eigenvalue weighted by Gasteiger charge is 2.35. The fraction of sp³-hybridized carbons (Fsp3) is 0.348. The number of aromatic nitrogens is 1. The number of nitrogens with one attached hydrogen (secondary N) is 3. The average molecular weight is 413 g/mol. The van der Waals surface area contributed by atoms with Gasteiger partial charge in [-0.3, -0.25) is 4.79 Å². The normalized spacial score (nSPS) is 23.6. The number of H-pyrrole nitrogens is 1. The van der Waals surface area contributed by atoms with Crippen LogP contribution in [-0.2, 0) is 4.79 Å². The van der Waals surface area contributed by atoms with Crippen molar-refractivity contribution in [2.75, 3.05) is 13.1 Å². The number of hydrogen-bond acceptors (Lipinski definition) is 2. The first-order chi connectivity index (χ1) is 14.5. The van der Waals surface area contributed by atoms with Crippen LogP contribution in [0, 0.1) is 23.4 Å². The zero-order valence-electron chi connectivity index (χ0n) is 16.3. The van der Waals surface area contributed by atoms with E-state index in [4.69, 9.17) is 0 Å². The van der Waals surface area contributed by atoms with Gasteiger partial charge >= 0.3 is 0 Å². The molecule has 5 rings (SSSR count). The Morgan fingerprint density at radius 3 is 2.50 bits per heavy atom. The Bertz CT molecular complexity index is 1100. The highest BCUT2D eigenvalue weighted by atomic mass is 19.1. The quantitative estimate of drug-likeness (QED) is 0.587. The number of rotatable bonds is 5. The lowest BCUT2D eigenvalue weighted by Gasteiger charge is -2.36. The molecule has 4 nitrogen and oxygen atoms in total. The molecule has 2 aliphatic rings. The summed E-state index contributed by atoms with van der Waals surface area (Å²) in [6, 6.07) is 8.13. The van der Waals surface area contributed by atoms with Crippen LogP contribution in [0.5, 0.6) is 0 Å². The Morgan fingerprint density at radius 1 is 1.03 bits per heavy atom. The van der Waals surface area contributed by atoms with Crippen LogP contribution in [0.25, 0.3) is 22.2 Å². The number of aromatic amines is 1. The molecule has 1 aliphatic carbocycles. The maximum absolute atomic E-state index is 14.4. The van der Waals surface area contributed by atoms with Gasteiger partial charge in [0.1, 0.15) is 17.5 Å². The molecule has 1 saturated heterocycles. The molecule has 156 valence electrons. The number of fused-ring (bicyclic) bond motifs is 1. The minimum Gasteiger partial charge on any atom is -0.355 e. The van der Waals surface area contributed by atoms with Crippen LogP contribution in [0.1, 0.15) is 30.7 Å². The molecule has 0 spiro atoms. The third-order valence-electron chi connectivity index (χ3n) is 6.34. The molecular formula is C23H22F3N3O. The SMILES string of the molecule is O=C1NCCC1NCC1CC(c2c(-c3ccc(F)cc3)[nH]c3c(F)cc(F)cc23)C1. The van der Waals surface area contributed by atoms with E-state index in [0.29, 0.717) is 23.5 Å². The predicted octanol–water partition coefficient (Wildman–Crippen LogP) is 4.22.